The Labute approximate surface area is 118 Å². The highest BCUT2D eigenvalue weighted by Crippen LogP contribution is 2.24. The Balaban J connectivity index is 2.32. The number of rotatable bonds is 4. The molecule has 0 unspecified atom stereocenters. The minimum absolute atomic E-state index is 0.223. The molecule has 0 saturated heterocycles. The molecule has 4 heteroatoms. The van der Waals surface area contributed by atoms with Crippen LogP contribution < -0.4 is 10.6 Å². The molecule has 0 radical (unpaired) electrons. The van der Waals surface area contributed by atoms with Gasteiger partial charge in [0.25, 0.3) is 0 Å². The number of nitrogens with zero attached hydrogens (tertiary/aromatic N) is 1. The van der Waals surface area contributed by atoms with E-state index in [9.17, 15) is 9.90 Å². The molecule has 0 bridgehead atoms. The fourth-order valence-corrected chi connectivity index (χ4v) is 2.19. The Bertz CT molecular complexity index is 638. The van der Waals surface area contributed by atoms with Gasteiger partial charge in [-0.1, -0.05) is 24.3 Å². The van der Waals surface area contributed by atoms with Crippen molar-refractivity contribution in [2.24, 2.45) is 0 Å². The lowest BCUT2D eigenvalue weighted by molar-refractivity contribution is 0.0697. The summed E-state index contributed by atoms with van der Waals surface area (Å²) in [6.45, 7) is 2.70. The first-order valence-corrected chi connectivity index (χ1v) is 6.37. The second-order valence-corrected chi connectivity index (χ2v) is 4.86. The number of carbonyl (C=O) groups is 1. The van der Waals surface area contributed by atoms with Crippen LogP contribution in [-0.4, -0.2) is 18.1 Å². The highest BCUT2D eigenvalue weighted by Gasteiger charge is 2.14. The summed E-state index contributed by atoms with van der Waals surface area (Å²) in [5.74, 6) is -0.969. The average Bonchev–Trinajstić information content (AvgIpc) is 2.41. The first kappa shape index (κ1) is 13.9. The molecule has 3 N–H and O–H groups in total. The summed E-state index contributed by atoms with van der Waals surface area (Å²) in [5, 5.41) is 9.28. The predicted octanol–water partition coefficient (Wildman–Crippen LogP) is 2.91. The summed E-state index contributed by atoms with van der Waals surface area (Å²) in [5.41, 5.74) is 9.36. The molecular weight excluding hydrogens is 252 g/mol. The molecule has 0 aromatic heterocycles. The predicted molar refractivity (Wildman–Crippen MR) is 81.1 cm³/mol. The van der Waals surface area contributed by atoms with E-state index >= 15 is 0 Å². The molecule has 0 amide bonds. The number of carboxylic acids is 1. The quantitative estimate of drug-likeness (QED) is 0.838. The van der Waals surface area contributed by atoms with Crippen LogP contribution in [0.1, 0.15) is 21.5 Å². The van der Waals surface area contributed by atoms with Crippen molar-refractivity contribution in [3.63, 3.8) is 0 Å². The lowest BCUT2D eigenvalue weighted by Gasteiger charge is -2.22. The topological polar surface area (TPSA) is 66.6 Å². The zero-order valence-corrected chi connectivity index (χ0v) is 11.6. The van der Waals surface area contributed by atoms with E-state index in [1.165, 1.54) is 17.2 Å². The van der Waals surface area contributed by atoms with Crippen LogP contribution in [0, 0.1) is 6.92 Å². The van der Waals surface area contributed by atoms with Crippen molar-refractivity contribution in [1.82, 2.24) is 0 Å². The van der Waals surface area contributed by atoms with Crippen LogP contribution in [0.15, 0.2) is 42.5 Å². The summed E-state index contributed by atoms with van der Waals surface area (Å²) in [7, 11) is 1.88. The molecule has 0 fully saturated rings. The Morgan fingerprint density at radius 1 is 1.25 bits per heavy atom. The monoisotopic (exact) mass is 270 g/mol. The van der Waals surface area contributed by atoms with Crippen LogP contribution in [0.3, 0.4) is 0 Å². The first-order valence-electron chi connectivity index (χ1n) is 6.37. The number of hydrogen-bond acceptors (Lipinski definition) is 3. The Morgan fingerprint density at radius 3 is 2.60 bits per heavy atom. The number of nitrogens with two attached hydrogens (primary N) is 1. The molecule has 104 valence electrons. The van der Waals surface area contributed by atoms with Crippen molar-refractivity contribution in [2.45, 2.75) is 13.5 Å². The van der Waals surface area contributed by atoms with Crippen molar-refractivity contribution in [3.8, 4) is 0 Å². The molecule has 0 heterocycles. The first-order chi connectivity index (χ1) is 9.49. The summed E-state index contributed by atoms with van der Waals surface area (Å²) in [6, 6.07) is 13.0. The standard InChI is InChI=1S/C16H18N2O2/c1-11-5-3-4-6-12(11)10-18(2)15-8-7-13(17)9-14(15)16(19)20/h3-9H,10,17H2,1-2H3,(H,19,20). The van der Waals surface area contributed by atoms with E-state index in [0.29, 0.717) is 17.9 Å². The maximum atomic E-state index is 11.3. The lowest BCUT2D eigenvalue weighted by atomic mass is 10.1. The molecule has 2 aromatic rings. The van der Waals surface area contributed by atoms with Gasteiger partial charge in [-0.25, -0.2) is 4.79 Å². The second kappa shape index (κ2) is 5.65. The molecule has 0 atom stereocenters. The number of anilines is 2. The van der Waals surface area contributed by atoms with Crippen LogP contribution in [0.4, 0.5) is 11.4 Å². The number of hydrogen-bond donors (Lipinski definition) is 2. The fraction of sp³-hybridized carbons (Fsp3) is 0.188. The Hall–Kier alpha value is -2.49. The highest BCUT2D eigenvalue weighted by atomic mass is 16.4. The van der Waals surface area contributed by atoms with Crippen molar-refractivity contribution in [2.75, 3.05) is 17.7 Å². The highest BCUT2D eigenvalue weighted by molar-refractivity contribution is 5.95. The van der Waals surface area contributed by atoms with Crippen molar-refractivity contribution in [1.29, 1.82) is 0 Å². The molecule has 2 aromatic carbocycles. The zero-order chi connectivity index (χ0) is 14.7. The third kappa shape index (κ3) is 2.91. The smallest absolute Gasteiger partial charge is 0.337 e. The number of carboxylic acid groups (broad SMARTS) is 1. The van der Waals surface area contributed by atoms with Gasteiger partial charge in [-0.3, -0.25) is 0 Å². The molecule has 0 spiro atoms. The molecular formula is C16H18N2O2. The molecule has 4 nitrogen and oxygen atoms in total. The summed E-state index contributed by atoms with van der Waals surface area (Å²) >= 11 is 0. The number of aromatic carboxylic acids is 1. The van der Waals surface area contributed by atoms with Gasteiger partial charge in [-0.15, -0.1) is 0 Å². The van der Waals surface area contributed by atoms with Crippen LogP contribution in [0.25, 0.3) is 0 Å². The number of nitrogen functional groups attached to an aromatic ring is 1. The average molecular weight is 270 g/mol. The SMILES string of the molecule is Cc1ccccc1CN(C)c1ccc(N)cc1C(=O)O. The van der Waals surface area contributed by atoms with E-state index in [0.717, 1.165) is 0 Å². The summed E-state index contributed by atoms with van der Waals surface area (Å²) in [4.78, 5) is 13.2. The maximum absolute atomic E-state index is 11.3. The molecule has 0 aliphatic heterocycles. The van der Waals surface area contributed by atoms with E-state index in [1.807, 2.05) is 43.1 Å². The molecule has 0 saturated carbocycles. The van der Waals surface area contributed by atoms with Gasteiger partial charge >= 0.3 is 5.97 Å². The van der Waals surface area contributed by atoms with E-state index < -0.39 is 5.97 Å². The van der Waals surface area contributed by atoms with Crippen LogP contribution >= 0.6 is 0 Å². The normalized spacial score (nSPS) is 10.3. The third-order valence-electron chi connectivity index (χ3n) is 3.33. The molecule has 20 heavy (non-hydrogen) atoms. The Morgan fingerprint density at radius 2 is 1.95 bits per heavy atom. The van der Waals surface area contributed by atoms with Gasteiger partial charge in [0, 0.05) is 19.3 Å². The largest absolute Gasteiger partial charge is 0.478 e. The van der Waals surface area contributed by atoms with Crippen molar-refractivity contribution in [3.05, 3.63) is 59.2 Å². The van der Waals surface area contributed by atoms with Gasteiger partial charge < -0.3 is 15.7 Å². The zero-order valence-electron chi connectivity index (χ0n) is 11.6. The number of benzene rings is 2. The lowest BCUT2D eigenvalue weighted by Crippen LogP contribution is -2.20. The molecule has 0 aliphatic rings. The van der Waals surface area contributed by atoms with Gasteiger partial charge in [0.15, 0.2) is 0 Å². The number of aryl methyl sites for hydroxylation is 1. The Kier molecular flexibility index (Phi) is 3.94. The molecule has 2 rings (SSSR count). The van der Waals surface area contributed by atoms with Crippen molar-refractivity contribution < 1.29 is 9.90 Å². The third-order valence-corrected chi connectivity index (χ3v) is 3.33. The van der Waals surface area contributed by atoms with Crippen LogP contribution in [0.2, 0.25) is 0 Å². The summed E-state index contributed by atoms with van der Waals surface area (Å²) < 4.78 is 0. The molecule has 0 aliphatic carbocycles. The van der Waals surface area contributed by atoms with E-state index in [-0.39, 0.29) is 5.56 Å². The maximum Gasteiger partial charge on any atom is 0.337 e. The van der Waals surface area contributed by atoms with Gasteiger partial charge in [-0.05, 0) is 36.2 Å². The summed E-state index contributed by atoms with van der Waals surface area (Å²) in [6.07, 6.45) is 0. The van der Waals surface area contributed by atoms with E-state index in [2.05, 4.69) is 0 Å². The van der Waals surface area contributed by atoms with Crippen LogP contribution in [-0.2, 0) is 6.54 Å². The van der Waals surface area contributed by atoms with Gasteiger partial charge in [0.05, 0.1) is 11.3 Å². The van der Waals surface area contributed by atoms with E-state index in [4.69, 9.17) is 5.73 Å². The minimum Gasteiger partial charge on any atom is -0.478 e. The fourth-order valence-electron chi connectivity index (χ4n) is 2.19. The van der Waals surface area contributed by atoms with Gasteiger partial charge in [-0.2, -0.15) is 0 Å². The minimum atomic E-state index is -0.969. The van der Waals surface area contributed by atoms with Gasteiger partial charge in [0.2, 0.25) is 0 Å². The van der Waals surface area contributed by atoms with Gasteiger partial charge in [0.1, 0.15) is 0 Å². The second-order valence-electron chi connectivity index (χ2n) is 4.86. The van der Waals surface area contributed by atoms with Crippen LogP contribution in [0.5, 0.6) is 0 Å². The van der Waals surface area contributed by atoms with Crippen molar-refractivity contribution >= 4 is 17.3 Å². The van der Waals surface area contributed by atoms with E-state index in [1.54, 1.807) is 12.1 Å².